The number of aryl methyl sites for hydroxylation is 1. The van der Waals surface area contributed by atoms with Gasteiger partial charge in [-0.3, -0.25) is 0 Å². The van der Waals surface area contributed by atoms with Gasteiger partial charge in [0.25, 0.3) is 0 Å². The van der Waals surface area contributed by atoms with Gasteiger partial charge in [0.2, 0.25) is 5.95 Å². The van der Waals surface area contributed by atoms with E-state index < -0.39 is 5.95 Å². The molecular weight excluding hydrogens is 363 g/mol. The number of halogens is 1. The summed E-state index contributed by atoms with van der Waals surface area (Å²) < 4.78 is 20.1. The van der Waals surface area contributed by atoms with Crippen molar-refractivity contribution in [2.45, 2.75) is 90.9 Å². The van der Waals surface area contributed by atoms with Gasteiger partial charge in [-0.15, -0.1) is 0 Å². The summed E-state index contributed by atoms with van der Waals surface area (Å²) in [7, 11) is 0. The predicted molar refractivity (Wildman–Crippen MR) is 119 cm³/mol. The zero-order valence-electron chi connectivity index (χ0n) is 18.3. The van der Waals surface area contributed by atoms with E-state index in [9.17, 15) is 4.39 Å². The van der Waals surface area contributed by atoms with Gasteiger partial charge in [0.05, 0.1) is 6.61 Å². The summed E-state index contributed by atoms with van der Waals surface area (Å²) in [6.07, 6.45) is 15.7. The maximum atomic E-state index is 14.4. The number of hydrogen-bond acceptors (Lipinski definition) is 3. The minimum atomic E-state index is -0.391. The Balaban J connectivity index is 1.76. The molecule has 0 bridgehead atoms. The summed E-state index contributed by atoms with van der Waals surface area (Å²) in [6, 6.07) is 7.58. The van der Waals surface area contributed by atoms with Crippen LogP contribution in [0.4, 0.5) is 4.39 Å². The number of aromatic nitrogens is 2. The van der Waals surface area contributed by atoms with Crippen LogP contribution in [-0.4, -0.2) is 16.6 Å². The molecule has 1 aromatic carbocycles. The van der Waals surface area contributed by atoms with E-state index >= 15 is 0 Å². The number of hydrogen-bond donors (Lipinski definition) is 0. The predicted octanol–water partition coefficient (Wildman–Crippen LogP) is 7.53. The number of nitrogens with zero attached hydrogens (tertiary/aromatic N) is 2. The lowest BCUT2D eigenvalue weighted by atomic mass is 10.1. The van der Waals surface area contributed by atoms with E-state index in [1.54, 1.807) is 6.20 Å². The fourth-order valence-electron chi connectivity index (χ4n) is 3.38. The van der Waals surface area contributed by atoms with Crippen LogP contribution in [0.25, 0.3) is 11.4 Å². The minimum Gasteiger partial charge on any atom is -0.494 e. The van der Waals surface area contributed by atoms with E-state index in [0.717, 1.165) is 37.2 Å². The molecule has 0 aliphatic carbocycles. The molecule has 1 aromatic heterocycles. The van der Waals surface area contributed by atoms with Gasteiger partial charge in [0.1, 0.15) is 5.75 Å². The van der Waals surface area contributed by atoms with E-state index in [4.69, 9.17) is 4.74 Å². The van der Waals surface area contributed by atoms with E-state index in [-0.39, 0.29) is 0 Å². The van der Waals surface area contributed by atoms with Crippen LogP contribution in [0.15, 0.2) is 30.5 Å². The van der Waals surface area contributed by atoms with Crippen molar-refractivity contribution < 1.29 is 9.13 Å². The van der Waals surface area contributed by atoms with Gasteiger partial charge in [0, 0.05) is 17.3 Å². The molecule has 0 aliphatic rings. The molecule has 0 N–H and O–H groups in total. The normalized spacial score (nSPS) is 11.0. The molecular formula is C25H37FN2O. The van der Waals surface area contributed by atoms with E-state index in [1.165, 1.54) is 51.4 Å². The van der Waals surface area contributed by atoms with Gasteiger partial charge in [-0.25, -0.2) is 4.98 Å². The third-order valence-electron chi connectivity index (χ3n) is 5.24. The molecule has 0 unspecified atom stereocenters. The highest BCUT2D eigenvalue weighted by Gasteiger charge is 2.09. The van der Waals surface area contributed by atoms with Crippen molar-refractivity contribution in [1.82, 2.24) is 9.97 Å². The largest absolute Gasteiger partial charge is 0.494 e. The van der Waals surface area contributed by atoms with Crippen LogP contribution < -0.4 is 4.74 Å². The van der Waals surface area contributed by atoms with Gasteiger partial charge in [0.15, 0.2) is 5.82 Å². The first-order valence-electron chi connectivity index (χ1n) is 11.5. The topological polar surface area (TPSA) is 35.0 Å². The maximum Gasteiger partial charge on any atom is 0.219 e. The smallest absolute Gasteiger partial charge is 0.219 e. The van der Waals surface area contributed by atoms with Crippen LogP contribution in [-0.2, 0) is 6.42 Å². The average molecular weight is 401 g/mol. The summed E-state index contributed by atoms with van der Waals surface area (Å²) in [5, 5.41) is 0. The first-order chi connectivity index (χ1) is 14.2. The van der Waals surface area contributed by atoms with Crippen molar-refractivity contribution in [3.8, 4) is 17.1 Å². The monoisotopic (exact) mass is 400 g/mol. The van der Waals surface area contributed by atoms with E-state index in [1.807, 2.05) is 24.3 Å². The Labute approximate surface area is 176 Å². The molecule has 0 aliphatic heterocycles. The standard InChI is InChI=1S/C25H37FN2O/c1-3-5-7-8-9-10-11-12-14-22-20-27-25(28-24(22)26)21-15-17-23(18-16-21)29-19-13-6-4-2/h15-18,20H,3-14,19H2,1-2H3. The summed E-state index contributed by atoms with van der Waals surface area (Å²) in [6.45, 7) is 5.14. The Morgan fingerprint density at radius 2 is 1.41 bits per heavy atom. The average Bonchev–Trinajstić information content (AvgIpc) is 2.74. The molecule has 2 rings (SSSR count). The second-order valence-electron chi connectivity index (χ2n) is 7.81. The lowest BCUT2D eigenvalue weighted by Gasteiger charge is -2.08. The lowest BCUT2D eigenvalue weighted by Crippen LogP contribution is -2.00. The van der Waals surface area contributed by atoms with Crippen LogP contribution in [0.5, 0.6) is 5.75 Å². The van der Waals surface area contributed by atoms with Crippen molar-refractivity contribution >= 4 is 0 Å². The molecule has 160 valence electrons. The molecule has 0 saturated carbocycles. The van der Waals surface area contributed by atoms with Crippen LogP contribution in [0.1, 0.15) is 90.0 Å². The Kier molecular flexibility index (Phi) is 11.3. The fourth-order valence-corrected chi connectivity index (χ4v) is 3.38. The fraction of sp³-hybridized carbons (Fsp3) is 0.600. The van der Waals surface area contributed by atoms with Crippen molar-refractivity contribution in [3.05, 3.63) is 42.0 Å². The first kappa shape index (κ1) is 23.3. The van der Waals surface area contributed by atoms with Gasteiger partial charge in [-0.05, 0) is 43.5 Å². The third-order valence-corrected chi connectivity index (χ3v) is 5.24. The second kappa shape index (κ2) is 14.1. The Bertz CT molecular complexity index is 688. The third kappa shape index (κ3) is 8.93. The molecule has 0 fully saturated rings. The SMILES string of the molecule is CCCCCCCCCCc1cnc(-c2ccc(OCCCCC)cc2)nc1F. The highest BCUT2D eigenvalue weighted by molar-refractivity contribution is 5.56. The molecule has 2 aromatic rings. The van der Waals surface area contributed by atoms with Crippen molar-refractivity contribution in [2.24, 2.45) is 0 Å². The quantitative estimate of drug-likeness (QED) is 0.229. The Morgan fingerprint density at radius 1 is 0.793 bits per heavy atom. The first-order valence-corrected chi connectivity index (χ1v) is 11.5. The number of rotatable bonds is 15. The summed E-state index contributed by atoms with van der Waals surface area (Å²) in [4.78, 5) is 8.47. The van der Waals surface area contributed by atoms with E-state index in [2.05, 4.69) is 23.8 Å². The summed E-state index contributed by atoms with van der Waals surface area (Å²) in [5.41, 5.74) is 1.43. The maximum absolute atomic E-state index is 14.4. The number of benzene rings is 1. The number of ether oxygens (including phenoxy) is 1. The molecule has 1 heterocycles. The van der Waals surface area contributed by atoms with Crippen LogP contribution in [0.2, 0.25) is 0 Å². The molecule has 0 atom stereocenters. The Morgan fingerprint density at radius 3 is 2.07 bits per heavy atom. The zero-order valence-corrected chi connectivity index (χ0v) is 18.3. The summed E-state index contributed by atoms with van der Waals surface area (Å²) >= 11 is 0. The summed E-state index contributed by atoms with van der Waals surface area (Å²) in [5.74, 6) is 0.870. The zero-order chi connectivity index (χ0) is 20.7. The van der Waals surface area contributed by atoms with Gasteiger partial charge < -0.3 is 4.74 Å². The van der Waals surface area contributed by atoms with E-state index in [0.29, 0.717) is 17.8 Å². The van der Waals surface area contributed by atoms with Crippen LogP contribution in [0.3, 0.4) is 0 Å². The van der Waals surface area contributed by atoms with Gasteiger partial charge >= 0.3 is 0 Å². The van der Waals surface area contributed by atoms with Crippen molar-refractivity contribution in [1.29, 1.82) is 0 Å². The highest BCUT2D eigenvalue weighted by atomic mass is 19.1. The molecule has 3 nitrogen and oxygen atoms in total. The molecule has 0 saturated heterocycles. The lowest BCUT2D eigenvalue weighted by molar-refractivity contribution is 0.306. The van der Waals surface area contributed by atoms with Crippen molar-refractivity contribution in [3.63, 3.8) is 0 Å². The van der Waals surface area contributed by atoms with Crippen LogP contribution in [0, 0.1) is 5.95 Å². The Hall–Kier alpha value is -1.97. The number of unbranched alkanes of at least 4 members (excludes halogenated alkanes) is 9. The molecule has 0 radical (unpaired) electrons. The van der Waals surface area contributed by atoms with Crippen LogP contribution >= 0.6 is 0 Å². The molecule has 4 heteroatoms. The molecule has 0 amide bonds. The van der Waals surface area contributed by atoms with Gasteiger partial charge in [-0.1, -0.05) is 71.6 Å². The highest BCUT2D eigenvalue weighted by Crippen LogP contribution is 2.21. The van der Waals surface area contributed by atoms with Crippen molar-refractivity contribution in [2.75, 3.05) is 6.61 Å². The minimum absolute atomic E-state index is 0.391. The molecule has 0 spiro atoms. The van der Waals surface area contributed by atoms with Gasteiger partial charge in [-0.2, -0.15) is 9.37 Å². The second-order valence-corrected chi connectivity index (χ2v) is 7.81. The molecule has 29 heavy (non-hydrogen) atoms.